The summed E-state index contributed by atoms with van der Waals surface area (Å²) in [6, 6.07) is 5.74. The third kappa shape index (κ3) is 3.63. The topological polar surface area (TPSA) is 59.1 Å². The Labute approximate surface area is 148 Å². The first kappa shape index (κ1) is 17.7. The normalized spacial score (nSPS) is 26.9. The Morgan fingerprint density at radius 2 is 1.88 bits per heavy atom. The number of methoxy groups -OCH3 is 1. The van der Waals surface area contributed by atoms with Crippen molar-refractivity contribution in [1.29, 1.82) is 0 Å². The largest absolute Gasteiger partial charge is 0.495 e. The number of aryl methyl sites for hydroxylation is 1. The maximum absolute atomic E-state index is 12.9. The van der Waals surface area contributed by atoms with Crippen molar-refractivity contribution >= 4 is 17.5 Å². The zero-order chi connectivity index (χ0) is 18.1. The molecular weight excluding hydrogens is 320 g/mol. The minimum Gasteiger partial charge on any atom is -0.495 e. The van der Waals surface area contributed by atoms with Crippen molar-refractivity contribution in [2.45, 2.75) is 39.4 Å². The first-order valence-electron chi connectivity index (χ1n) is 8.78. The molecule has 3 unspecified atom stereocenters. The van der Waals surface area contributed by atoms with Crippen LogP contribution in [-0.4, -0.2) is 55.7 Å². The lowest BCUT2D eigenvalue weighted by Gasteiger charge is -2.36. The van der Waals surface area contributed by atoms with E-state index in [9.17, 15) is 9.59 Å². The quantitative estimate of drug-likeness (QED) is 0.840. The van der Waals surface area contributed by atoms with Gasteiger partial charge in [0.2, 0.25) is 11.8 Å². The number of carbonyl (C=O) groups is 2. The van der Waals surface area contributed by atoms with Gasteiger partial charge in [-0.3, -0.25) is 9.59 Å². The Hall–Kier alpha value is -2.08. The molecule has 1 aromatic rings. The molecule has 0 spiro atoms. The van der Waals surface area contributed by atoms with E-state index in [-0.39, 0.29) is 36.4 Å². The number of carbonyl (C=O) groups excluding carboxylic acids is 2. The van der Waals surface area contributed by atoms with Crippen LogP contribution < -0.4 is 9.64 Å². The highest BCUT2D eigenvalue weighted by Crippen LogP contribution is 2.34. The molecule has 3 atom stereocenters. The molecule has 0 radical (unpaired) electrons. The first-order chi connectivity index (χ1) is 11.9. The van der Waals surface area contributed by atoms with Crippen molar-refractivity contribution < 1.29 is 19.1 Å². The summed E-state index contributed by atoms with van der Waals surface area (Å²) in [6.07, 6.45) is 0.298. The fraction of sp³-hybridized carbons (Fsp3) is 0.579. The van der Waals surface area contributed by atoms with Gasteiger partial charge in [0.25, 0.3) is 0 Å². The van der Waals surface area contributed by atoms with Crippen LogP contribution in [0.25, 0.3) is 0 Å². The lowest BCUT2D eigenvalue weighted by atomic mass is 10.1. The van der Waals surface area contributed by atoms with Gasteiger partial charge < -0.3 is 19.3 Å². The third-order valence-electron chi connectivity index (χ3n) is 4.83. The molecular formula is C19H26N2O4. The van der Waals surface area contributed by atoms with Crippen molar-refractivity contribution in [3.8, 4) is 5.75 Å². The molecule has 6 heteroatoms. The molecule has 2 heterocycles. The van der Waals surface area contributed by atoms with E-state index < -0.39 is 0 Å². The second-order valence-electron chi connectivity index (χ2n) is 7.08. The average molecular weight is 346 g/mol. The summed E-state index contributed by atoms with van der Waals surface area (Å²) in [7, 11) is 1.59. The van der Waals surface area contributed by atoms with Crippen molar-refractivity contribution in [2.75, 3.05) is 31.6 Å². The van der Waals surface area contributed by atoms with Crippen LogP contribution in [0.2, 0.25) is 0 Å². The van der Waals surface area contributed by atoms with Gasteiger partial charge in [-0.05, 0) is 38.5 Å². The molecule has 0 N–H and O–H groups in total. The highest BCUT2D eigenvalue weighted by atomic mass is 16.5. The number of nitrogens with zero attached hydrogens (tertiary/aromatic N) is 2. The summed E-state index contributed by atoms with van der Waals surface area (Å²) in [5.41, 5.74) is 1.79. The van der Waals surface area contributed by atoms with E-state index in [0.29, 0.717) is 25.4 Å². The van der Waals surface area contributed by atoms with E-state index in [2.05, 4.69) is 0 Å². The van der Waals surface area contributed by atoms with Gasteiger partial charge in [-0.25, -0.2) is 0 Å². The third-order valence-corrected chi connectivity index (χ3v) is 4.83. The Morgan fingerprint density at radius 3 is 2.52 bits per heavy atom. The van der Waals surface area contributed by atoms with E-state index >= 15 is 0 Å². The Bertz CT molecular complexity index is 665. The SMILES string of the molecule is COc1ccc(C)cc1N1CC(C(=O)N2CC(C)OC(C)C2)CC1=O. The van der Waals surface area contributed by atoms with Crippen LogP contribution in [0.15, 0.2) is 18.2 Å². The van der Waals surface area contributed by atoms with Crippen molar-refractivity contribution in [3.63, 3.8) is 0 Å². The number of anilines is 1. The molecule has 2 amide bonds. The van der Waals surface area contributed by atoms with Gasteiger partial charge in [-0.15, -0.1) is 0 Å². The van der Waals surface area contributed by atoms with Crippen LogP contribution >= 0.6 is 0 Å². The Morgan fingerprint density at radius 1 is 1.20 bits per heavy atom. The maximum Gasteiger partial charge on any atom is 0.228 e. The van der Waals surface area contributed by atoms with E-state index in [0.717, 1.165) is 11.3 Å². The van der Waals surface area contributed by atoms with Gasteiger partial charge in [0, 0.05) is 26.1 Å². The molecule has 1 aromatic carbocycles. The van der Waals surface area contributed by atoms with Crippen LogP contribution in [0.1, 0.15) is 25.8 Å². The van der Waals surface area contributed by atoms with Crippen molar-refractivity contribution in [3.05, 3.63) is 23.8 Å². The second-order valence-corrected chi connectivity index (χ2v) is 7.08. The highest BCUT2D eigenvalue weighted by molar-refractivity contribution is 6.01. The molecule has 2 saturated heterocycles. The second kappa shape index (κ2) is 7.04. The first-order valence-corrected chi connectivity index (χ1v) is 8.78. The van der Waals surface area contributed by atoms with E-state index in [1.807, 2.05) is 43.9 Å². The average Bonchev–Trinajstić information content (AvgIpc) is 2.95. The van der Waals surface area contributed by atoms with Gasteiger partial charge >= 0.3 is 0 Å². The summed E-state index contributed by atoms with van der Waals surface area (Å²) in [4.78, 5) is 29.0. The minimum absolute atomic E-state index is 0.0257. The van der Waals surface area contributed by atoms with E-state index in [1.165, 1.54) is 0 Å². The number of ether oxygens (including phenoxy) is 2. The molecule has 0 aliphatic carbocycles. The van der Waals surface area contributed by atoms with Crippen molar-refractivity contribution in [1.82, 2.24) is 4.90 Å². The fourth-order valence-corrected chi connectivity index (χ4v) is 3.73. The highest BCUT2D eigenvalue weighted by Gasteiger charge is 2.39. The molecule has 0 aromatic heterocycles. The van der Waals surface area contributed by atoms with Gasteiger partial charge in [-0.2, -0.15) is 0 Å². The van der Waals surface area contributed by atoms with E-state index in [4.69, 9.17) is 9.47 Å². The van der Waals surface area contributed by atoms with Gasteiger partial charge in [0.1, 0.15) is 5.75 Å². The Balaban J connectivity index is 1.76. The fourth-order valence-electron chi connectivity index (χ4n) is 3.73. The molecule has 3 rings (SSSR count). The summed E-state index contributed by atoms with van der Waals surface area (Å²) < 4.78 is 11.1. The van der Waals surface area contributed by atoms with Crippen LogP contribution in [0, 0.1) is 12.8 Å². The zero-order valence-corrected chi connectivity index (χ0v) is 15.3. The Kier molecular flexibility index (Phi) is 4.99. The van der Waals surface area contributed by atoms with Crippen LogP contribution in [-0.2, 0) is 14.3 Å². The molecule has 136 valence electrons. The van der Waals surface area contributed by atoms with Gasteiger partial charge in [0.05, 0.1) is 30.9 Å². The standard InChI is InChI=1S/C19H26N2O4/c1-12-5-6-17(24-4)16(7-12)21-11-15(8-18(21)22)19(23)20-9-13(2)25-14(3)10-20/h5-7,13-15H,8-11H2,1-4H3. The maximum atomic E-state index is 12.9. The molecule has 25 heavy (non-hydrogen) atoms. The predicted molar refractivity (Wildman–Crippen MR) is 94.8 cm³/mol. The monoisotopic (exact) mass is 346 g/mol. The number of hydrogen-bond acceptors (Lipinski definition) is 4. The number of amides is 2. The summed E-state index contributed by atoms with van der Waals surface area (Å²) in [5.74, 6) is 0.358. The number of morpholine rings is 1. The molecule has 0 saturated carbocycles. The lowest BCUT2D eigenvalue weighted by Crippen LogP contribution is -2.50. The number of benzene rings is 1. The summed E-state index contributed by atoms with van der Waals surface area (Å²) in [5, 5.41) is 0. The zero-order valence-electron chi connectivity index (χ0n) is 15.3. The van der Waals surface area contributed by atoms with Gasteiger partial charge in [0.15, 0.2) is 0 Å². The van der Waals surface area contributed by atoms with Crippen molar-refractivity contribution in [2.24, 2.45) is 5.92 Å². The van der Waals surface area contributed by atoms with Crippen LogP contribution in [0.4, 0.5) is 5.69 Å². The number of rotatable bonds is 3. The molecule has 2 aliphatic rings. The number of hydrogen-bond donors (Lipinski definition) is 0. The molecule has 0 bridgehead atoms. The minimum atomic E-state index is -0.310. The van der Waals surface area contributed by atoms with E-state index in [1.54, 1.807) is 12.0 Å². The predicted octanol–water partition coefficient (Wildman–Crippen LogP) is 1.99. The molecule has 2 fully saturated rings. The summed E-state index contributed by atoms with van der Waals surface area (Å²) in [6.45, 7) is 7.49. The van der Waals surface area contributed by atoms with Crippen LogP contribution in [0.3, 0.4) is 0 Å². The van der Waals surface area contributed by atoms with Gasteiger partial charge in [-0.1, -0.05) is 6.07 Å². The smallest absolute Gasteiger partial charge is 0.228 e. The lowest BCUT2D eigenvalue weighted by molar-refractivity contribution is -0.147. The van der Waals surface area contributed by atoms with Crippen LogP contribution in [0.5, 0.6) is 5.75 Å². The summed E-state index contributed by atoms with van der Waals surface area (Å²) >= 11 is 0. The molecule has 2 aliphatic heterocycles. The molecule has 6 nitrogen and oxygen atoms in total.